The minimum atomic E-state index is -1.10. The van der Waals surface area contributed by atoms with Crippen molar-refractivity contribution in [2.45, 2.75) is 38.1 Å². The maximum Gasteiger partial charge on any atom is 0.339 e. The van der Waals surface area contributed by atoms with Gasteiger partial charge in [-0.2, -0.15) is 0 Å². The number of benzene rings is 3. The van der Waals surface area contributed by atoms with E-state index in [4.69, 9.17) is 47.4 Å². The molecule has 4 unspecified atom stereocenters. The SMILES string of the molecule is COc1cc2c(OC3OCC(OC)C(OC)C3OC(C)=O)c3c(c(-c4ccc5c(c4)OCO5)c2cc1OC)C(=O)OC3. The number of rotatable bonds is 8. The van der Waals surface area contributed by atoms with E-state index in [0.717, 1.165) is 0 Å². The highest BCUT2D eigenvalue weighted by molar-refractivity contribution is 6.14. The van der Waals surface area contributed by atoms with Gasteiger partial charge >= 0.3 is 11.9 Å². The molecule has 0 amide bonds. The minimum absolute atomic E-state index is 0.0509. The summed E-state index contributed by atoms with van der Waals surface area (Å²) in [6.45, 7) is 1.45. The van der Waals surface area contributed by atoms with E-state index in [1.165, 1.54) is 35.4 Å². The van der Waals surface area contributed by atoms with Crippen molar-refractivity contribution in [3.05, 3.63) is 41.5 Å². The van der Waals surface area contributed by atoms with E-state index in [9.17, 15) is 9.59 Å². The maximum absolute atomic E-state index is 13.3. The standard InChI is InChI=1S/C30H30O12/c1-14(31)41-28-27(36-5)23(35-4)12-38-30(28)42-26-17-10-21(34-3)20(33-2)9-16(17)24(25-18(26)11-37-29(25)32)15-6-7-19-22(8-15)40-13-39-19/h6-10,23,27-28,30H,11-13H2,1-5H3. The third-order valence-corrected chi connectivity index (χ3v) is 7.57. The Morgan fingerprint density at radius 2 is 1.60 bits per heavy atom. The summed E-state index contributed by atoms with van der Waals surface area (Å²) in [4.78, 5) is 25.4. The lowest BCUT2D eigenvalue weighted by molar-refractivity contribution is -0.259. The van der Waals surface area contributed by atoms with E-state index in [0.29, 0.717) is 61.8 Å². The maximum atomic E-state index is 13.3. The molecule has 0 aromatic heterocycles. The second-order valence-electron chi connectivity index (χ2n) is 9.82. The lowest BCUT2D eigenvalue weighted by Crippen LogP contribution is -2.57. The molecule has 12 heteroatoms. The number of hydrogen-bond donors (Lipinski definition) is 0. The molecule has 0 spiro atoms. The van der Waals surface area contributed by atoms with Gasteiger partial charge in [-0.15, -0.1) is 0 Å². The molecule has 3 aromatic rings. The molecular formula is C30H30O12. The summed E-state index contributed by atoms with van der Waals surface area (Å²) in [5, 5.41) is 1.21. The molecule has 3 aliphatic rings. The molecule has 6 rings (SSSR count). The van der Waals surface area contributed by atoms with Gasteiger partial charge in [0.1, 0.15) is 24.6 Å². The molecule has 0 radical (unpaired) electrons. The van der Waals surface area contributed by atoms with Crippen LogP contribution in [0.15, 0.2) is 30.3 Å². The van der Waals surface area contributed by atoms with Crippen LogP contribution in [0.25, 0.3) is 21.9 Å². The van der Waals surface area contributed by atoms with Gasteiger partial charge < -0.3 is 47.4 Å². The Balaban J connectivity index is 1.57. The number of methoxy groups -OCH3 is 4. The summed E-state index contributed by atoms with van der Waals surface area (Å²) < 4.78 is 57.2. The highest BCUT2D eigenvalue weighted by Gasteiger charge is 2.46. The first-order valence-corrected chi connectivity index (χ1v) is 13.2. The monoisotopic (exact) mass is 582 g/mol. The summed E-state index contributed by atoms with van der Waals surface area (Å²) in [6, 6.07) is 8.99. The number of esters is 2. The Morgan fingerprint density at radius 3 is 2.29 bits per heavy atom. The van der Waals surface area contributed by atoms with Crippen LogP contribution in [0.2, 0.25) is 0 Å². The Morgan fingerprint density at radius 1 is 0.857 bits per heavy atom. The summed E-state index contributed by atoms with van der Waals surface area (Å²) in [5.74, 6) is 1.28. The van der Waals surface area contributed by atoms with Crippen LogP contribution in [0.3, 0.4) is 0 Å². The van der Waals surface area contributed by atoms with Gasteiger partial charge in [0, 0.05) is 37.7 Å². The first kappa shape index (κ1) is 27.9. The third kappa shape index (κ3) is 4.61. The fourth-order valence-corrected chi connectivity index (χ4v) is 5.66. The summed E-state index contributed by atoms with van der Waals surface area (Å²) >= 11 is 0. The van der Waals surface area contributed by atoms with Crippen molar-refractivity contribution in [1.82, 2.24) is 0 Å². The van der Waals surface area contributed by atoms with Gasteiger partial charge in [0.05, 0.1) is 26.4 Å². The highest BCUT2D eigenvalue weighted by Crippen LogP contribution is 2.49. The fourth-order valence-electron chi connectivity index (χ4n) is 5.66. The van der Waals surface area contributed by atoms with Crippen LogP contribution < -0.4 is 23.7 Å². The van der Waals surface area contributed by atoms with Crippen molar-refractivity contribution in [2.24, 2.45) is 0 Å². The van der Waals surface area contributed by atoms with Gasteiger partial charge in [-0.25, -0.2) is 4.79 Å². The second kappa shape index (κ2) is 11.2. The van der Waals surface area contributed by atoms with Crippen LogP contribution in [0.5, 0.6) is 28.7 Å². The lowest BCUT2D eigenvalue weighted by atomic mass is 9.89. The van der Waals surface area contributed by atoms with Crippen LogP contribution in [0.4, 0.5) is 0 Å². The number of ether oxygens (including phenoxy) is 10. The largest absolute Gasteiger partial charge is 0.493 e. The summed E-state index contributed by atoms with van der Waals surface area (Å²) in [5.41, 5.74) is 2.12. The van der Waals surface area contributed by atoms with Crippen molar-refractivity contribution in [3.8, 4) is 39.9 Å². The van der Waals surface area contributed by atoms with Crippen molar-refractivity contribution in [2.75, 3.05) is 41.8 Å². The second-order valence-corrected chi connectivity index (χ2v) is 9.82. The van der Waals surface area contributed by atoms with Gasteiger partial charge in [-0.1, -0.05) is 6.07 Å². The van der Waals surface area contributed by atoms with Gasteiger partial charge in [-0.3, -0.25) is 4.79 Å². The van der Waals surface area contributed by atoms with Crippen LogP contribution in [-0.2, 0) is 35.1 Å². The van der Waals surface area contributed by atoms with Gasteiger partial charge in [0.15, 0.2) is 29.1 Å². The molecule has 1 saturated heterocycles. The van der Waals surface area contributed by atoms with E-state index in [1.54, 1.807) is 18.2 Å². The van der Waals surface area contributed by atoms with Crippen molar-refractivity contribution in [3.63, 3.8) is 0 Å². The van der Waals surface area contributed by atoms with E-state index in [-0.39, 0.29) is 20.0 Å². The molecule has 3 aliphatic heterocycles. The molecule has 42 heavy (non-hydrogen) atoms. The Bertz CT molecular complexity index is 1550. The van der Waals surface area contributed by atoms with Crippen molar-refractivity contribution >= 4 is 22.7 Å². The fraction of sp³-hybridized carbons (Fsp3) is 0.400. The zero-order valence-electron chi connectivity index (χ0n) is 23.7. The molecule has 3 heterocycles. The third-order valence-electron chi connectivity index (χ3n) is 7.57. The van der Waals surface area contributed by atoms with Crippen LogP contribution in [0.1, 0.15) is 22.8 Å². The van der Waals surface area contributed by atoms with E-state index in [2.05, 4.69) is 0 Å². The van der Waals surface area contributed by atoms with Gasteiger partial charge in [0.2, 0.25) is 13.1 Å². The molecule has 12 nitrogen and oxygen atoms in total. The molecule has 222 valence electrons. The normalized spacial score (nSPS) is 22.5. The average molecular weight is 583 g/mol. The Kier molecular flexibility index (Phi) is 7.43. The van der Waals surface area contributed by atoms with Crippen LogP contribution >= 0.6 is 0 Å². The molecule has 0 aliphatic carbocycles. The summed E-state index contributed by atoms with van der Waals surface area (Å²) in [6.07, 6.45) is -3.27. The molecule has 4 atom stereocenters. The van der Waals surface area contributed by atoms with Crippen molar-refractivity contribution < 1.29 is 57.0 Å². The Hall–Kier alpha value is -4.26. The number of hydrogen-bond acceptors (Lipinski definition) is 12. The zero-order valence-corrected chi connectivity index (χ0v) is 23.7. The predicted octanol–water partition coefficient (Wildman–Crippen LogP) is 3.62. The first-order valence-electron chi connectivity index (χ1n) is 13.2. The highest BCUT2D eigenvalue weighted by atomic mass is 16.7. The molecule has 0 bridgehead atoms. The number of fused-ring (bicyclic) bond motifs is 3. The first-order chi connectivity index (χ1) is 20.4. The number of carbonyl (C=O) groups is 2. The van der Waals surface area contributed by atoms with E-state index >= 15 is 0 Å². The minimum Gasteiger partial charge on any atom is -0.493 e. The predicted molar refractivity (Wildman–Crippen MR) is 145 cm³/mol. The lowest BCUT2D eigenvalue weighted by Gasteiger charge is -2.40. The smallest absolute Gasteiger partial charge is 0.339 e. The van der Waals surface area contributed by atoms with E-state index < -0.39 is 36.5 Å². The molecule has 0 saturated carbocycles. The average Bonchev–Trinajstić information content (AvgIpc) is 3.62. The molecule has 0 N–H and O–H groups in total. The summed E-state index contributed by atoms with van der Waals surface area (Å²) in [7, 11) is 6.06. The molecule has 1 fully saturated rings. The number of carbonyl (C=O) groups excluding carboxylic acids is 2. The van der Waals surface area contributed by atoms with Crippen LogP contribution in [-0.4, -0.2) is 78.4 Å². The van der Waals surface area contributed by atoms with E-state index in [1.807, 2.05) is 12.1 Å². The van der Waals surface area contributed by atoms with Gasteiger partial charge in [-0.05, 0) is 35.2 Å². The zero-order chi connectivity index (χ0) is 29.5. The van der Waals surface area contributed by atoms with Gasteiger partial charge in [0.25, 0.3) is 0 Å². The topological polar surface area (TPSA) is 126 Å². The quantitative estimate of drug-likeness (QED) is 0.360. The van der Waals surface area contributed by atoms with Crippen LogP contribution in [0, 0.1) is 0 Å². The van der Waals surface area contributed by atoms with Crippen molar-refractivity contribution in [1.29, 1.82) is 0 Å². The number of cyclic esters (lactones) is 1. The molecular weight excluding hydrogens is 552 g/mol. The Labute approximate surface area is 241 Å². The molecule has 3 aromatic carbocycles.